The summed E-state index contributed by atoms with van der Waals surface area (Å²) in [5.74, 6) is 0.176. The molecule has 3 aromatic heterocycles. The van der Waals surface area contributed by atoms with E-state index in [1.54, 1.807) is 18.2 Å². The zero-order chi connectivity index (χ0) is 16.7. The van der Waals surface area contributed by atoms with Gasteiger partial charge in [0.2, 0.25) is 5.95 Å². The second kappa shape index (κ2) is 5.64. The van der Waals surface area contributed by atoms with Crippen LogP contribution >= 0.6 is 15.9 Å². The molecule has 0 amide bonds. The number of methoxy groups -OCH3 is 1. The van der Waals surface area contributed by atoms with E-state index < -0.39 is 0 Å². The van der Waals surface area contributed by atoms with Gasteiger partial charge in [0, 0.05) is 6.20 Å². The molecule has 3 heterocycles. The van der Waals surface area contributed by atoms with Crippen molar-refractivity contribution in [3.8, 4) is 0 Å². The lowest BCUT2D eigenvalue weighted by Gasteiger charge is -1.99. The monoisotopic (exact) mass is 385 g/mol. The molecule has 0 bridgehead atoms. The average Bonchev–Trinajstić information content (AvgIpc) is 3.17. The molecule has 0 fully saturated rings. The number of aromatic amines is 2. The minimum Gasteiger partial charge on any atom is -0.465 e. The van der Waals surface area contributed by atoms with Gasteiger partial charge in [0.25, 0.3) is 0 Å². The lowest BCUT2D eigenvalue weighted by atomic mass is 10.2. The quantitative estimate of drug-likeness (QED) is 0.368. The summed E-state index contributed by atoms with van der Waals surface area (Å²) in [4.78, 5) is 26.8. The molecular formula is C16H12BrN5O2. The van der Waals surface area contributed by atoms with E-state index in [1.807, 2.05) is 18.3 Å². The number of carbonyl (C=O) groups excluding carboxylic acids is 1. The van der Waals surface area contributed by atoms with Gasteiger partial charge in [-0.25, -0.2) is 14.8 Å². The van der Waals surface area contributed by atoms with Crippen LogP contribution in [-0.4, -0.2) is 33.0 Å². The highest BCUT2D eigenvalue weighted by atomic mass is 79.9. The van der Waals surface area contributed by atoms with Crippen LogP contribution in [0.15, 0.2) is 41.1 Å². The molecule has 0 atom stereocenters. The second-order valence-electron chi connectivity index (χ2n) is 5.17. The number of ether oxygens (including phenoxy) is 1. The largest absolute Gasteiger partial charge is 0.465 e. The predicted octanol–water partition coefficient (Wildman–Crippen LogP) is 3.73. The maximum Gasteiger partial charge on any atom is 0.337 e. The topological polar surface area (TPSA) is 95.7 Å². The fourth-order valence-corrected chi connectivity index (χ4v) is 2.82. The van der Waals surface area contributed by atoms with Crippen molar-refractivity contribution in [1.82, 2.24) is 19.9 Å². The van der Waals surface area contributed by atoms with Crippen LogP contribution in [0.1, 0.15) is 10.4 Å². The number of fused-ring (bicyclic) bond motifs is 2. The molecule has 4 aromatic rings. The molecule has 8 heteroatoms. The van der Waals surface area contributed by atoms with Gasteiger partial charge in [-0.3, -0.25) is 0 Å². The van der Waals surface area contributed by atoms with Gasteiger partial charge in [-0.15, -0.1) is 0 Å². The third-order valence-electron chi connectivity index (χ3n) is 3.65. The van der Waals surface area contributed by atoms with Crippen molar-refractivity contribution >= 4 is 55.6 Å². The van der Waals surface area contributed by atoms with Crippen LogP contribution in [0.5, 0.6) is 0 Å². The number of pyridine rings is 1. The Hall–Kier alpha value is -2.87. The van der Waals surface area contributed by atoms with Gasteiger partial charge in [-0.05, 0) is 46.3 Å². The number of halogens is 1. The molecule has 0 aliphatic rings. The summed E-state index contributed by atoms with van der Waals surface area (Å²) >= 11 is 3.37. The maximum absolute atomic E-state index is 11.6. The molecule has 7 nitrogen and oxygen atoms in total. The molecule has 4 rings (SSSR count). The number of hydrogen-bond donors (Lipinski definition) is 3. The van der Waals surface area contributed by atoms with Gasteiger partial charge in [-0.1, -0.05) is 0 Å². The molecule has 0 unspecified atom stereocenters. The Morgan fingerprint density at radius 3 is 2.88 bits per heavy atom. The number of benzene rings is 1. The number of imidazole rings is 1. The minimum atomic E-state index is -0.389. The summed E-state index contributed by atoms with van der Waals surface area (Å²) in [6.07, 6.45) is 1.83. The molecule has 24 heavy (non-hydrogen) atoms. The second-order valence-corrected chi connectivity index (χ2v) is 5.98. The predicted molar refractivity (Wildman–Crippen MR) is 94.5 cm³/mol. The molecule has 0 saturated carbocycles. The van der Waals surface area contributed by atoms with Gasteiger partial charge in [0.15, 0.2) is 0 Å². The van der Waals surface area contributed by atoms with Crippen LogP contribution in [-0.2, 0) is 4.74 Å². The smallest absolute Gasteiger partial charge is 0.337 e. The van der Waals surface area contributed by atoms with Crippen LogP contribution in [0, 0.1) is 0 Å². The number of nitrogens with one attached hydrogen (secondary N) is 3. The van der Waals surface area contributed by atoms with Crippen molar-refractivity contribution in [2.45, 2.75) is 0 Å². The van der Waals surface area contributed by atoms with Crippen molar-refractivity contribution < 1.29 is 9.53 Å². The van der Waals surface area contributed by atoms with Gasteiger partial charge < -0.3 is 20.0 Å². The van der Waals surface area contributed by atoms with Crippen LogP contribution in [0.25, 0.3) is 22.1 Å². The molecule has 120 valence electrons. The maximum atomic E-state index is 11.6. The highest BCUT2D eigenvalue weighted by molar-refractivity contribution is 9.10. The number of esters is 1. The van der Waals surface area contributed by atoms with Crippen LogP contribution < -0.4 is 5.32 Å². The zero-order valence-electron chi connectivity index (χ0n) is 12.6. The SMILES string of the molecule is COC(=O)c1ccc2[nH]c(Nc3c[nH]c4ccc(Br)nc34)nc2c1. The van der Waals surface area contributed by atoms with E-state index in [1.165, 1.54) is 7.11 Å². The van der Waals surface area contributed by atoms with E-state index in [0.29, 0.717) is 17.0 Å². The standard InChI is InChI=1S/C16H12BrN5O2/c1-24-15(23)8-2-3-9-11(6-8)20-16(19-9)21-12-7-18-10-4-5-13(17)22-14(10)12/h2-7,18H,1H3,(H2,19,20,21). The number of nitrogens with zero attached hydrogens (tertiary/aromatic N) is 2. The molecule has 0 aliphatic heterocycles. The van der Waals surface area contributed by atoms with Gasteiger partial charge in [0.05, 0.1) is 34.9 Å². The molecule has 0 aliphatic carbocycles. The van der Waals surface area contributed by atoms with Crippen molar-refractivity contribution in [2.24, 2.45) is 0 Å². The molecule has 1 aromatic carbocycles. The van der Waals surface area contributed by atoms with E-state index in [9.17, 15) is 4.79 Å². The van der Waals surface area contributed by atoms with Crippen LogP contribution in [0.2, 0.25) is 0 Å². The average molecular weight is 386 g/mol. The number of hydrogen-bond acceptors (Lipinski definition) is 5. The first-order valence-corrected chi connectivity index (χ1v) is 7.92. The highest BCUT2D eigenvalue weighted by Gasteiger charge is 2.11. The summed E-state index contributed by atoms with van der Waals surface area (Å²) in [5.41, 5.74) is 4.48. The first-order valence-electron chi connectivity index (χ1n) is 7.13. The zero-order valence-corrected chi connectivity index (χ0v) is 14.1. The molecule has 3 N–H and O–H groups in total. The summed E-state index contributed by atoms with van der Waals surface area (Å²) in [6, 6.07) is 8.99. The third-order valence-corrected chi connectivity index (χ3v) is 4.09. The Bertz CT molecular complexity index is 1070. The van der Waals surface area contributed by atoms with Gasteiger partial charge in [-0.2, -0.15) is 0 Å². The third kappa shape index (κ3) is 2.50. The van der Waals surface area contributed by atoms with E-state index >= 15 is 0 Å². The number of aromatic nitrogens is 4. The Morgan fingerprint density at radius 1 is 1.21 bits per heavy atom. The Balaban J connectivity index is 1.71. The van der Waals surface area contributed by atoms with Crippen molar-refractivity contribution in [3.05, 3.63) is 46.7 Å². The van der Waals surface area contributed by atoms with Crippen molar-refractivity contribution in [2.75, 3.05) is 12.4 Å². The van der Waals surface area contributed by atoms with Gasteiger partial charge in [0.1, 0.15) is 10.1 Å². The highest BCUT2D eigenvalue weighted by Crippen LogP contribution is 2.26. The summed E-state index contributed by atoms with van der Waals surface area (Å²) < 4.78 is 5.48. The lowest BCUT2D eigenvalue weighted by molar-refractivity contribution is 0.0601. The normalized spacial score (nSPS) is 11.1. The van der Waals surface area contributed by atoms with E-state index in [0.717, 1.165) is 26.8 Å². The first kappa shape index (κ1) is 14.7. The van der Waals surface area contributed by atoms with Gasteiger partial charge >= 0.3 is 5.97 Å². The molecular weight excluding hydrogens is 374 g/mol. The Kier molecular flexibility index (Phi) is 3.46. The summed E-state index contributed by atoms with van der Waals surface area (Å²) in [5, 5.41) is 3.21. The van der Waals surface area contributed by atoms with Crippen molar-refractivity contribution in [3.63, 3.8) is 0 Å². The summed E-state index contributed by atoms with van der Waals surface area (Å²) in [6.45, 7) is 0. The van der Waals surface area contributed by atoms with Crippen LogP contribution in [0.4, 0.5) is 11.6 Å². The minimum absolute atomic E-state index is 0.389. The molecule has 0 saturated heterocycles. The fraction of sp³-hybridized carbons (Fsp3) is 0.0625. The number of anilines is 2. The van der Waals surface area contributed by atoms with E-state index in [2.05, 4.69) is 41.2 Å². The molecule has 0 radical (unpaired) electrons. The molecule has 0 spiro atoms. The van der Waals surface area contributed by atoms with E-state index in [-0.39, 0.29) is 5.97 Å². The number of rotatable bonds is 3. The Morgan fingerprint density at radius 2 is 2.04 bits per heavy atom. The first-order chi connectivity index (χ1) is 11.6. The Labute approximate surface area is 144 Å². The fourth-order valence-electron chi connectivity index (χ4n) is 2.51. The van der Waals surface area contributed by atoms with E-state index in [4.69, 9.17) is 4.74 Å². The van der Waals surface area contributed by atoms with Crippen molar-refractivity contribution in [1.29, 1.82) is 0 Å². The lowest BCUT2D eigenvalue weighted by Crippen LogP contribution is -2.00. The number of carbonyl (C=O) groups is 1. The number of H-pyrrole nitrogens is 2. The summed E-state index contributed by atoms with van der Waals surface area (Å²) in [7, 11) is 1.35. The van der Waals surface area contributed by atoms with Crippen LogP contribution in [0.3, 0.4) is 0 Å².